The summed E-state index contributed by atoms with van der Waals surface area (Å²) in [7, 11) is 0. The highest BCUT2D eigenvalue weighted by Gasteiger charge is 2.80. The predicted molar refractivity (Wildman–Crippen MR) is 111 cm³/mol. The Morgan fingerprint density at radius 2 is 1.97 bits per heavy atom. The third-order valence-corrected chi connectivity index (χ3v) is 8.87. The van der Waals surface area contributed by atoms with Crippen LogP contribution in [0.2, 0.25) is 0 Å². The van der Waals surface area contributed by atoms with Gasteiger partial charge < -0.3 is 33.6 Å². The van der Waals surface area contributed by atoms with E-state index in [-0.39, 0.29) is 31.2 Å². The zero-order valence-corrected chi connectivity index (χ0v) is 19.2. The maximum Gasteiger partial charge on any atom is 0.302 e. The Kier molecular flexibility index (Phi) is 5.39. The first-order valence-corrected chi connectivity index (χ1v) is 11.7. The Labute approximate surface area is 192 Å². The van der Waals surface area contributed by atoms with Gasteiger partial charge in [-0.3, -0.25) is 9.59 Å². The topological polar surface area (TPSA) is 128 Å². The largest absolute Gasteiger partial charge is 0.472 e. The van der Waals surface area contributed by atoms with E-state index in [4.69, 9.17) is 23.4 Å². The number of carbonyl (C=O) groups is 2. The Morgan fingerprint density at radius 3 is 2.58 bits per heavy atom. The van der Waals surface area contributed by atoms with Crippen molar-refractivity contribution in [1.82, 2.24) is 0 Å². The number of epoxide rings is 1. The van der Waals surface area contributed by atoms with Gasteiger partial charge in [0.05, 0.1) is 36.8 Å². The van der Waals surface area contributed by atoms with Gasteiger partial charge in [0.1, 0.15) is 18.3 Å². The number of rotatable bonds is 4. The minimum absolute atomic E-state index is 0.0699. The first-order chi connectivity index (χ1) is 15.7. The third kappa shape index (κ3) is 3.12. The summed E-state index contributed by atoms with van der Waals surface area (Å²) in [5, 5.41) is 22.5. The minimum atomic E-state index is -1.08. The van der Waals surface area contributed by atoms with Crippen LogP contribution in [0.25, 0.3) is 0 Å². The van der Waals surface area contributed by atoms with Crippen LogP contribution < -0.4 is 0 Å². The number of esters is 2. The lowest BCUT2D eigenvalue weighted by atomic mass is 9.42. The van der Waals surface area contributed by atoms with Gasteiger partial charge in [-0.05, 0) is 43.6 Å². The van der Waals surface area contributed by atoms with Crippen LogP contribution in [0.1, 0.15) is 58.1 Å². The van der Waals surface area contributed by atoms with Crippen molar-refractivity contribution in [3.8, 4) is 0 Å². The van der Waals surface area contributed by atoms with E-state index in [1.807, 2.05) is 13.0 Å². The number of aliphatic hydroxyl groups is 2. The summed E-state index contributed by atoms with van der Waals surface area (Å²) >= 11 is 0. The molecule has 5 rings (SSSR count). The van der Waals surface area contributed by atoms with E-state index in [2.05, 4.69) is 0 Å². The molecule has 9 atom stereocenters. The summed E-state index contributed by atoms with van der Waals surface area (Å²) in [4.78, 5) is 24.1. The summed E-state index contributed by atoms with van der Waals surface area (Å²) < 4.78 is 28.8. The Bertz CT molecular complexity index is 909. The van der Waals surface area contributed by atoms with Crippen LogP contribution in [0.4, 0.5) is 0 Å². The molecule has 2 aliphatic heterocycles. The van der Waals surface area contributed by atoms with Gasteiger partial charge in [0.2, 0.25) is 0 Å². The number of ether oxygens (including phenoxy) is 4. The van der Waals surface area contributed by atoms with Gasteiger partial charge in [0, 0.05) is 24.8 Å². The lowest BCUT2D eigenvalue weighted by molar-refractivity contribution is -0.276. The first kappa shape index (κ1) is 22.8. The monoisotopic (exact) mass is 464 g/mol. The molecule has 33 heavy (non-hydrogen) atoms. The van der Waals surface area contributed by atoms with Crippen molar-refractivity contribution in [2.24, 2.45) is 22.7 Å². The van der Waals surface area contributed by atoms with Crippen LogP contribution in [0.3, 0.4) is 0 Å². The lowest BCUT2D eigenvalue weighted by Gasteiger charge is -2.63. The molecule has 182 valence electrons. The van der Waals surface area contributed by atoms with Gasteiger partial charge in [0.25, 0.3) is 0 Å². The molecule has 9 unspecified atom stereocenters. The van der Waals surface area contributed by atoms with Crippen LogP contribution in [0, 0.1) is 22.7 Å². The Balaban J connectivity index is 1.64. The standard InChI is InChI=1S/C24H32O9/c1-13-8-20(32-15(3)26)23(11-30-14(2)25)18(4-5-19(27)24(23)12-31-24)22(13)9-17(33-21(22)28)16-6-7-29-10-16/h6-7,10,13,17-21,27-28H,4-5,8-9,11-12H2,1-3H3. The zero-order valence-electron chi connectivity index (χ0n) is 19.2. The molecule has 2 saturated heterocycles. The molecule has 3 heterocycles. The van der Waals surface area contributed by atoms with Crippen LogP contribution >= 0.6 is 0 Å². The van der Waals surface area contributed by atoms with Crippen molar-refractivity contribution in [3.05, 3.63) is 24.2 Å². The second kappa shape index (κ2) is 7.80. The summed E-state index contributed by atoms with van der Waals surface area (Å²) in [5.41, 5.74) is -1.88. The minimum Gasteiger partial charge on any atom is -0.472 e. The number of fused-ring (bicyclic) bond motifs is 3. The van der Waals surface area contributed by atoms with Gasteiger partial charge in [-0.1, -0.05) is 6.92 Å². The molecular weight excluding hydrogens is 432 g/mol. The molecule has 0 aromatic carbocycles. The molecule has 9 heteroatoms. The van der Waals surface area contributed by atoms with E-state index >= 15 is 0 Å². The second-order valence-electron chi connectivity index (χ2n) is 10.2. The number of carbonyl (C=O) groups excluding carboxylic acids is 2. The van der Waals surface area contributed by atoms with Crippen molar-refractivity contribution in [1.29, 1.82) is 0 Å². The number of aliphatic hydroxyl groups excluding tert-OH is 2. The van der Waals surface area contributed by atoms with E-state index in [0.29, 0.717) is 25.7 Å². The summed E-state index contributed by atoms with van der Waals surface area (Å²) in [6.45, 7) is 4.93. The maximum absolute atomic E-state index is 12.2. The van der Waals surface area contributed by atoms with E-state index in [9.17, 15) is 19.8 Å². The fourth-order valence-electron chi connectivity index (χ4n) is 7.35. The molecule has 4 fully saturated rings. The molecule has 0 amide bonds. The van der Waals surface area contributed by atoms with Crippen molar-refractivity contribution in [2.45, 2.75) is 76.7 Å². The average molecular weight is 465 g/mol. The Morgan fingerprint density at radius 1 is 1.21 bits per heavy atom. The third-order valence-electron chi connectivity index (χ3n) is 8.87. The fourth-order valence-corrected chi connectivity index (χ4v) is 7.35. The number of hydrogen-bond acceptors (Lipinski definition) is 9. The highest BCUT2D eigenvalue weighted by atomic mass is 16.6. The average Bonchev–Trinajstić information content (AvgIpc) is 3.21. The summed E-state index contributed by atoms with van der Waals surface area (Å²) in [6.07, 6.45) is 2.28. The predicted octanol–water partition coefficient (Wildman–Crippen LogP) is 2.11. The number of furan rings is 1. The first-order valence-electron chi connectivity index (χ1n) is 11.7. The SMILES string of the molecule is CC(=O)OCC12C(OC(C)=O)CC(C)C3(CC(c4ccoc4)OC3O)C1CCC(O)C21CO1. The molecule has 2 saturated carbocycles. The second-order valence-corrected chi connectivity index (χ2v) is 10.2. The van der Waals surface area contributed by atoms with Crippen LogP contribution in [-0.4, -0.2) is 59.5 Å². The van der Waals surface area contributed by atoms with Crippen molar-refractivity contribution < 1.29 is 43.2 Å². The van der Waals surface area contributed by atoms with Gasteiger partial charge in [-0.25, -0.2) is 0 Å². The smallest absolute Gasteiger partial charge is 0.302 e. The molecule has 2 spiro atoms. The molecule has 9 nitrogen and oxygen atoms in total. The van der Waals surface area contributed by atoms with Gasteiger partial charge in [-0.15, -0.1) is 0 Å². The zero-order chi connectivity index (χ0) is 23.6. The molecule has 0 radical (unpaired) electrons. The molecule has 2 N–H and O–H groups in total. The van der Waals surface area contributed by atoms with Gasteiger partial charge >= 0.3 is 11.9 Å². The van der Waals surface area contributed by atoms with Crippen molar-refractivity contribution in [3.63, 3.8) is 0 Å². The summed E-state index contributed by atoms with van der Waals surface area (Å²) in [6, 6.07) is 1.83. The molecule has 0 bridgehead atoms. The van der Waals surface area contributed by atoms with E-state index in [0.717, 1.165) is 5.56 Å². The van der Waals surface area contributed by atoms with Gasteiger partial charge in [0.15, 0.2) is 6.29 Å². The highest BCUT2D eigenvalue weighted by molar-refractivity contribution is 5.67. The van der Waals surface area contributed by atoms with E-state index in [1.54, 1.807) is 12.5 Å². The maximum atomic E-state index is 12.2. The van der Waals surface area contributed by atoms with E-state index in [1.165, 1.54) is 13.8 Å². The molecule has 1 aromatic heterocycles. The van der Waals surface area contributed by atoms with Crippen molar-refractivity contribution in [2.75, 3.05) is 13.2 Å². The molecular formula is C24H32O9. The lowest BCUT2D eigenvalue weighted by Crippen LogP contribution is -2.71. The highest BCUT2D eigenvalue weighted by Crippen LogP contribution is 2.72. The summed E-state index contributed by atoms with van der Waals surface area (Å²) in [5.74, 6) is -1.27. The quantitative estimate of drug-likeness (QED) is 0.508. The van der Waals surface area contributed by atoms with Crippen LogP contribution in [0.5, 0.6) is 0 Å². The fraction of sp³-hybridized carbons (Fsp3) is 0.750. The van der Waals surface area contributed by atoms with Crippen LogP contribution in [0.15, 0.2) is 23.0 Å². The Hall–Kier alpha value is -1.94. The van der Waals surface area contributed by atoms with Gasteiger partial charge in [-0.2, -0.15) is 0 Å². The molecule has 4 aliphatic rings. The van der Waals surface area contributed by atoms with Crippen molar-refractivity contribution >= 4 is 11.9 Å². The molecule has 1 aromatic rings. The molecule has 2 aliphatic carbocycles. The number of hydrogen-bond donors (Lipinski definition) is 2. The van der Waals surface area contributed by atoms with E-state index < -0.39 is 46.9 Å². The van der Waals surface area contributed by atoms with Crippen LogP contribution in [-0.2, 0) is 28.5 Å². The normalized spacial score (nSPS) is 46.2.